The molecule has 2 N–H and O–H groups in total. The van der Waals surface area contributed by atoms with Gasteiger partial charge >= 0.3 is 0 Å². The van der Waals surface area contributed by atoms with Gasteiger partial charge in [-0.3, -0.25) is 10.1 Å². The summed E-state index contributed by atoms with van der Waals surface area (Å²) in [4.78, 5) is 12.6. The van der Waals surface area contributed by atoms with Crippen molar-refractivity contribution in [2.75, 3.05) is 18.5 Å². The summed E-state index contributed by atoms with van der Waals surface area (Å²) < 4.78 is 5.68. The molecule has 0 radical (unpaired) electrons. The fourth-order valence-electron chi connectivity index (χ4n) is 3.86. The highest BCUT2D eigenvalue weighted by atomic mass is 32.1. The summed E-state index contributed by atoms with van der Waals surface area (Å²) >= 11 is 1.42. The molecule has 0 saturated heterocycles. The van der Waals surface area contributed by atoms with Gasteiger partial charge in [-0.1, -0.05) is 29.5 Å². The predicted octanol–water partition coefficient (Wildman–Crippen LogP) is 3.35. The molecule has 6 nitrogen and oxygen atoms in total. The molecule has 0 atom stereocenters. The van der Waals surface area contributed by atoms with Crippen molar-refractivity contribution in [2.24, 2.45) is 0 Å². The molecule has 0 fully saturated rings. The van der Waals surface area contributed by atoms with Gasteiger partial charge in [-0.15, -0.1) is 10.2 Å². The number of anilines is 1. The molecule has 3 aromatic rings. The molecule has 0 aliphatic carbocycles. The lowest BCUT2D eigenvalue weighted by atomic mass is 9.98. The van der Waals surface area contributed by atoms with Gasteiger partial charge < -0.3 is 10.1 Å². The predicted molar refractivity (Wildman–Crippen MR) is 113 cm³/mol. The van der Waals surface area contributed by atoms with Gasteiger partial charge in [0.2, 0.25) is 5.13 Å². The van der Waals surface area contributed by atoms with E-state index in [9.17, 15) is 4.79 Å². The van der Waals surface area contributed by atoms with Gasteiger partial charge in [-0.2, -0.15) is 0 Å². The third-order valence-electron chi connectivity index (χ3n) is 5.37. The van der Waals surface area contributed by atoms with Crippen molar-refractivity contribution in [3.05, 3.63) is 69.2 Å². The second kappa shape index (κ2) is 7.93. The molecule has 0 bridgehead atoms. The van der Waals surface area contributed by atoms with E-state index in [2.05, 4.69) is 33.0 Å². The Balaban J connectivity index is 1.26. The van der Waals surface area contributed by atoms with E-state index in [1.165, 1.54) is 33.6 Å². The Morgan fingerprint density at radius 1 is 1.10 bits per heavy atom. The number of benzene rings is 2. The van der Waals surface area contributed by atoms with Crippen molar-refractivity contribution in [2.45, 2.75) is 32.2 Å². The number of amides is 1. The molecule has 148 valence electrons. The standard InChI is InChI=1S/C22H22N4O2S/c27-21(17-4-5-18-13-23-8-7-15(18)12-17)24-22-26-25-20(29-22)11-14-3-6-19-16(10-14)2-1-9-28-19/h3-6,10,12,23H,1-2,7-9,11,13H2,(H,24,26,27). The zero-order valence-electron chi connectivity index (χ0n) is 16.0. The van der Waals surface area contributed by atoms with Crippen LogP contribution in [0.4, 0.5) is 5.13 Å². The SMILES string of the molecule is O=C(Nc1nnc(Cc2ccc3c(c2)CCCO3)s1)c1ccc2c(c1)CCNC2. The van der Waals surface area contributed by atoms with Crippen molar-refractivity contribution in [1.82, 2.24) is 15.5 Å². The smallest absolute Gasteiger partial charge is 0.257 e. The number of carbonyl (C=O) groups excluding carboxylic acids is 1. The van der Waals surface area contributed by atoms with Crippen LogP contribution in [-0.2, 0) is 25.8 Å². The van der Waals surface area contributed by atoms with Gasteiger partial charge in [0.15, 0.2) is 0 Å². The third kappa shape index (κ3) is 4.02. The summed E-state index contributed by atoms with van der Waals surface area (Å²) in [5, 5.41) is 16.1. The lowest BCUT2D eigenvalue weighted by Crippen LogP contribution is -2.24. The van der Waals surface area contributed by atoms with Crippen LogP contribution in [0.1, 0.15) is 44.0 Å². The van der Waals surface area contributed by atoms with Gasteiger partial charge in [0.05, 0.1) is 6.61 Å². The zero-order valence-corrected chi connectivity index (χ0v) is 16.8. The van der Waals surface area contributed by atoms with Gasteiger partial charge in [-0.05, 0) is 66.3 Å². The maximum atomic E-state index is 12.6. The molecular formula is C22H22N4O2S. The first kappa shape index (κ1) is 18.3. The van der Waals surface area contributed by atoms with Crippen LogP contribution < -0.4 is 15.4 Å². The first-order valence-corrected chi connectivity index (χ1v) is 10.8. The van der Waals surface area contributed by atoms with Gasteiger partial charge in [0.25, 0.3) is 5.91 Å². The first-order valence-electron chi connectivity index (χ1n) is 9.95. The van der Waals surface area contributed by atoms with E-state index in [0.717, 1.165) is 49.7 Å². The van der Waals surface area contributed by atoms with Gasteiger partial charge in [-0.25, -0.2) is 0 Å². The quantitative estimate of drug-likeness (QED) is 0.695. The Kier molecular flexibility index (Phi) is 4.99. The molecule has 1 amide bonds. The van der Waals surface area contributed by atoms with Crippen LogP contribution in [0.15, 0.2) is 36.4 Å². The molecular weight excluding hydrogens is 384 g/mol. The number of aromatic nitrogens is 2. The van der Waals surface area contributed by atoms with Crippen LogP contribution in [0, 0.1) is 0 Å². The molecule has 0 unspecified atom stereocenters. The topological polar surface area (TPSA) is 76.1 Å². The number of hydrogen-bond donors (Lipinski definition) is 2. The number of ether oxygens (including phenoxy) is 1. The first-order chi connectivity index (χ1) is 14.2. The fraction of sp³-hybridized carbons (Fsp3) is 0.318. The second-order valence-corrected chi connectivity index (χ2v) is 8.50. The second-order valence-electron chi connectivity index (χ2n) is 7.44. The normalized spacial score (nSPS) is 15.2. The molecule has 0 saturated carbocycles. The van der Waals surface area contributed by atoms with E-state index in [0.29, 0.717) is 17.1 Å². The Morgan fingerprint density at radius 2 is 2.07 bits per heavy atom. The molecule has 7 heteroatoms. The highest BCUT2D eigenvalue weighted by molar-refractivity contribution is 7.15. The summed E-state index contributed by atoms with van der Waals surface area (Å²) in [5.74, 6) is 0.853. The van der Waals surface area contributed by atoms with E-state index in [-0.39, 0.29) is 5.91 Å². The van der Waals surface area contributed by atoms with E-state index < -0.39 is 0 Å². The number of carbonyl (C=O) groups is 1. The monoisotopic (exact) mass is 406 g/mol. The minimum absolute atomic E-state index is 0.139. The zero-order chi connectivity index (χ0) is 19.6. The van der Waals surface area contributed by atoms with E-state index in [1.807, 2.05) is 24.3 Å². The maximum absolute atomic E-state index is 12.6. The highest BCUT2D eigenvalue weighted by Gasteiger charge is 2.15. The van der Waals surface area contributed by atoms with Crippen molar-refractivity contribution in [3.63, 3.8) is 0 Å². The largest absolute Gasteiger partial charge is 0.493 e. The van der Waals surface area contributed by atoms with Crippen molar-refractivity contribution in [1.29, 1.82) is 0 Å². The Morgan fingerprint density at radius 3 is 3.03 bits per heavy atom. The summed E-state index contributed by atoms with van der Waals surface area (Å²) in [5.41, 5.74) is 5.62. The molecule has 2 aliphatic rings. The van der Waals surface area contributed by atoms with E-state index in [1.54, 1.807) is 0 Å². The van der Waals surface area contributed by atoms with Gasteiger partial charge in [0, 0.05) is 18.5 Å². The molecule has 2 aliphatic heterocycles. The van der Waals surface area contributed by atoms with Crippen molar-refractivity contribution in [3.8, 4) is 5.75 Å². The van der Waals surface area contributed by atoms with Crippen molar-refractivity contribution < 1.29 is 9.53 Å². The summed E-state index contributed by atoms with van der Waals surface area (Å²) in [6, 6.07) is 12.2. The van der Waals surface area contributed by atoms with Crippen LogP contribution in [0.2, 0.25) is 0 Å². The lowest BCUT2D eigenvalue weighted by Gasteiger charge is -2.17. The molecule has 0 spiro atoms. The minimum Gasteiger partial charge on any atom is -0.493 e. The van der Waals surface area contributed by atoms with Crippen LogP contribution >= 0.6 is 11.3 Å². The number of nitrogens with zero attached hydrogens (tertiary/aromatic N) is 2. The molecule has 29 heavy (non-hydrogen) atoms. The summed E-state index contributed by atoms with van der Waals surface area (Å²) in [7, 11) is 0. The number of aryl methyl sites for hydroxylation is 1. The van der Waals surface area contributed by atoms with E-state index in [4.69, 9.17) is 4.74 Å². The molecule has 2 aromatic carbocycles. The highest BCUT2D eigenvalue weighted by Crippen LogP contribution is 2.27. The average molecular weight is 407 g/mol. The number of nitrogens with one attached hydrogen (secondary N) is 2. The fourth-order valence-corrected chi connectivity index (χ4v) is 4.63. The number of hydrogen-bond acceptors (Lipinski definition) is 6. The molecule has 1 aromatic heterocycles. The van der Waals surface area contributed by atoms with Crippen LogP contribution in [-0.4, -0.2) is 29.3 Å². The Bertz CT molecular complexity index is 1060. The van der Waals surface area contributed by atoms with Crippen molar-refractivity contribution >= 4 is 22.4 Å². The summed E-state index contributed by atoms with van der Waals surface area (Å²) in [6.07, 6.45) is 3.76. The molecule has 5 rings (SSSR count). The Hall–Kier alpha value is -2.77. The summed E-state index contributed by atoms with van der Waals surface area (Å²) in [6.45, 7) is 2.62. The maximum Gasteiger partial charge on any atom is 0.257 e. The minimum atomic E-state index is -0.139. The number of fused-ring (bicyclic) bond motifs is 2. The lowest BCUT2D eigenvalue weighted by molar-refractivity contribution is 0.102. The third-order valence-corrected chi connectivity index (χ3v) is 6.21. The van der Waals surface area contributed by atoms with E-state index >= 15 is 0 Å². The average Bonchev–Trinajstić information content (AvgIpc) is 3.20. The van der Waals surface area contributed by atoms with Crippen LogP contribution in [0.25, 0.3) is 0 Å². The number of rotatable bonds is 4. The van der Waals surface area contributed by atoms with Crippen LogP contribution in [0.5, 0.6) is 5.75 Å². The van der Waals surface area contributed by atoms with Crippen LogP contribution in [0.3, 0.4) is 0 Å². The molecule has 3 heterocycles. The van der Waals surface area contributed by atoms with Gasteiger partial charge in [0.1, 0.15) is 10.8 Å². The Labute approximate surface area is 173 Å².